The maximum Gasteiger partial charge on any atom is 0.250 e. The second kappa shape index (κ2) is 7.98. The molecular formula is C16H24N2O3. The van der Waals surface area contributed by atoms with Gasteiger partial charge in [0.05, 0.1) is 12.6 Å². The zero-order valence-electron chi connectivity index (χ0n) is 12.3. The van der Waals surface area contributed by atoms with Crippen molar-refractivity contribution < 1.29 is 9.90 Å². The molecule has 1 fully saturated rings. The fourth-order valence-electron chi connectivity index (χ4n) is 2.86. The molecule has 0 aliphatic heterocycles. The molecular weight excluding hydrogens is 268 g/mol. The van der Waals surface area contributed by atoms with E-state index in [0.717, 1.165) is 6.42 Å². The Labute approximate surface area is 125 Å². The smallest absolute Gasteiger partial charge is 0.250 e. The van der Waals surface area contributed by atoms with Crippen LogP contribution in [0.25, 0.3) is 0 Å². The van der Waals surface area contributed by atoms with E-state index < -0.39 is 6.10 Å². The number of aromatic nitrogens is 1. The summed E-state index contributed by atoms with van der Waals surface area (Å²) in [5.74, 6) is 0.685. The monoisotopic (exact) mass is 292 g/mol. The molecule has 1 unspecified atom stereocenters. The van der Waals surface area contributed by atoms with E-state index in [1.54, 1.807) is 18.3 Å². The maximum absolute atomic E-state index is 11.7. The lowest BCUT2D eigenvalue weighted by Gasteiger charge is -2.14. The first-order valence-corrected chi connectivity index (χ1v) is 7.75. The number of carbonyl (C=O) groups excluding carboxylic acids is 1. The van der Waals surface area contributed by atoms with Crippen molar-refractivity contribution in [3.8, 4) is 0 Å². The molecule has 0 saturated heterocycles. The van der Waals surface area contributed by atoms with E-state index in [-0.39, 0.29) is 24.6 Å². The minimum atomic E-state index is -0.750. The number of aliphatic hydroxyl groups is 1. The van der Waals surface area contributed by atoms with Crippen LogP contribution < -0.4 is 10.9 Å². The average molecular weight is 292 g/mol. The fourth-order valence-corrected chi connectivity index (χ4v) is 2.86. The van der Waals surface area contributed by atoms with E-state index >= 15 is 0 Å². The third-order valence-corrected chi connectivity index (χ3v) is 4.10. The summed E-state index contributed by atoms with van der Waals surface area (Å²) in [6, 6.07) is 4.86. The summed E-state index contributed by atoms with van der Waals surface area (Å²) in [4.78, 5) is 23.2. The second-order valence-electron chi connectivity index (χ2n) is 5.84. The Bertz CT molecular complexity index is 506. The number of amides is 1. The zero-order chi connectivity index (χ0) is 15.1. The Morgan fingerprint density at radius 3 is 2.86 bits per heavy atom. The standard InChI is InChI=1S/C16H24N2O3/c19-14(12-18-10-4-3-7-16(18)21)11-17-15(20)9-8-13-5-1-2-6-13/h3-4,7,10,13-14,19H,1-2,5-6,8-9,11-12H2,(H,17,20). The minimum absolute atomic E-state index is 0.0126. The van der Waals surface area contributed by atoms with E-state index in [1.165, 1.54) is 36.3 Å². The van der Waals surface area contributed by atoms with Crippen LogP contribution in [-0.2, 0) is 11.3 Å². The summed E-state index contributed by atoms with van der Waals surface area (Å²) in [6.07, 6.45) is 7.42. The summed E-state index contributed by atoms with van der Waals surface area (Å²) in [5, 5.41) is 12.6. The van der Waals surface area contributed by atoms with Gasteiger partial charge in [-0.05, 0) is 18.4 Å². The van der Waals surface area contributed by atoms with Gasteiger partial charge in [0.25, 0.3) is 5.56 Å². The van der Waals surface area contributed by atoms with Crippen LogP contribution in [0, 0.1) is 5.92 Å². The lowest BCUT2D eigenvalue weighted by atomic mass is 10.0. The molecule has 1 atom stereocenters. The zero-order valence-corrected chi connectivity index (χ0v) is 12.3. The molecule has 116 valence electrons. The van der Waals surface area contributed by atoms with Crippen molar-refractivity contribution in [3.05, 3.63) is 34.7 Å². The van der Waals surface area contributed by atoms with Crippen molar-refractivity contribution in [2.75, 3.05) is 6.54 Å². The van der Waals surface area contributed by atoms with Gasteiger partial charge in [0.2, 0.25) is 5.91 Å². The van der Waals surface area contributed by atoms with E-state index in [2.05, 4.69) is 5.32 Å². The van der Waals surface area contributed by atoms with E-state index in [4.69, 9.17) is 0 Å². The van der Waals surface area contributed by atoms with Gasteiger partial charge in [0.15, 0.2) is 0 Å². The Morgan fingerprint density at radius 1 is 1.38 bits per heavy atom. The summed E-state index contributed by atoms with van der Waals surface area (Å²) in [5.41, 5.74) is -0.149. The first-order valence-electron chi connectivity index (χ1n) is 7.75. The highest BCUT2D eigenvalue weighted by atomic mass is 16.3. The number of pyridine rings is 1. The molecule has 5 heteroatoms. The first kappa shape index (κ1) is 15.8. The van der Waals surface area contributed by atoms with Gasteiger partial charge in [0.1, 0.15) is 0 Å². The average Bonchev–Trinajstić information content (AvgIpc) is 2.99. The molecule has 1 amide bonds. The van der Waals surface area contributed by atoms with Crippen LogP contribution in [-0.4, -0.2) is 28.2 Å². The molecule has 21 heavy (non-hydrogen) atoms. The molecule has 0 bridgehead atoms. The number of nitrogens with one attached hydrogen (secondary N) is 1. The Balaban J connectivity index is 1.66. The van der Waals surface area contributed by atoms with Crippen molar-refractivity contribution in [1.29, 1.82) is 0 Å². The number of nitrogens with zero attached hydrogens (tertiary/aromatic N) is 1. The van der Waals surface area contributed by atoms with Crippen LogP contribution in [0.4, 0.5) is 0 Å². The molecule has 5 nitrogen and oxygen atoms in total. The first-order chi connectivity index (χ1) is 10.1. The fraction of sp³-hybridized carbons (Fsp3) is 0.625. The van der Waals surface area contributed by atoms with Crippen LogP contribution in [0.2, 0.25) is 0 Å². The normalized spacial score (nSPS) is 16.8. The maximum atomic E-state index is 11.7. The van der Waals surface area contributed by atoms with Gasteiger partial charge < -0.3 is 15.0 Å². The molecule has 1 aromatic heterocycles. The lowest BCUT2D eigenvalue weighted by molar-refractivity contribution is -0.121. The predicted molar refractivity (Wildman–Crippen MR) is 80.9 cm³/mol. The number of carbonyl (C=O) groups is 1. The van der Waals surface area contributed by atoms with Crippen molar-refractivity contribution in [1.82, 2.24) is 9.88 Å². The largest absolute Gasteiger partial charge is 0.389 e. The highest BCUT2D eigenvalue weighted by Gasteiger charge is 2.16. The molecule has 1 aliphatic carbocycles. The van der Waals surface area contributed by atoms with Crippen molar-refractivity contribution in [2.24, 2.45) is 5.92 Å². The lowest BCUT2D eigenvalue weighted by Crippen LogP contribution is -2.36. The molecule has 1 aromatic rings. The Kier molecular flexibility index (Phi) is 5.99. The minimum Gasteiger partial charge on any atom is -0.389 e. The summed E-state index contributed by atoms with van der Waals surface area (Å²) < 4.78 is 1.44. The molecule has 0 radical (unpaired) electrons. The number of hydrogen-bond donors (Lipinski definition) is 2. The van der Waals surface area contributed by atoms with Crippen LogP contribution in [0.3, 0.4) is 0 Å². The molecule has 0 aromatic carbocycles. The SMILES string of the molecule is O=C(CCC1CCCC1)NCC(O)Cn1ccccc1=O. The van der Waals surface area contributed by atoms with Crippen molar-refractivity contribution in [2.45, 2.75) is 51.2 Å². The molecule has 1 heterocycles. The van der Waals surface area contributed by atoms with E-state index in [0.29, 0.717) is 12.3 Å². The van der Waals surface area contributed by atoms with Gasteiger partial charge in [-0.2, -0.15) is 0 Å². The van der Waals surface area contributed by atoms with Crippen LogP contribution in [0.15, 0.2) is 29.2 Å². The molecule has 1 saturated carbocycles. The summed E-state index contributed by atoms with van der Waals surface area (Å²) in [7, 11) is 0. The molecule has 2 N–H and O–H groups in total. The van der Waals surface area contributed by atoms with Gasteiger partial charge >= 0.3 is 0 Å². The van der Waals surface area contributed by atoms with Crippen molar-refractivity contribution >= 4 is 5.91 Å². The molecule has 2 rings (SSSR count). The summed E-state index contributed by atoms with van der Waals surface area (Å²) >= 11 is 0. The van der Waals surface area contributed by atoms with Crippen molar-refractivity contribution in [3.63, 3.8) is 0 Å². The van der Waals surface area contributed by atoms with Crippen LogP contribution in [0.5, 0.6) is 0 Å². The number of aliphatic hydroxyl groups excluding tert-OH is 1. The molecule has 0 spiro atoms. The van der Waals surface area contributed by atoms with Crippen LogP contribution >= 0.6 is 0 Å². The summed E-state index contributed by atoms with van der Waals surface area (Å²) in [6.45, 7) is 0.382. The Morgan fingerprint density at radius 2 is 2.14 bits per heavy atom. The van der Waals surface area contributed by atoms with Gasteiger partial charge in [-0.15, -0.1) is 0 Å². The van der Waals surface area contributed by atoms with Gasteiger partial charge in [-0.1, -0.05) is 31.7 Å². The van der Waals surface area contributed by atoms with Gasteiger partial charge in [-0.25, -0.2) is 0 Å². The predicted octanol–water partition coefficient (Wildman–Crippen LogP) is 1.30. The highest BCUT2D eigenvalue weighted by molar-refractivity contribution is 5.75. The second-order valence-corrected chi connectivity index (χ2v) is 5.84. The number of rotatable bonds is 7. The van der Waals surface area contributed by atoms with Crippen LogP contribution in [0.1, 0.15) is 38.5 Å². The Hall–Kier alpha value is -1.62. The van der Waals surface area contributed by atoms with E-state index in [1.807, 2.05) is 0 Å². The quantitative estimate of drug-likeness (QED) is 0.795. The topological polar surface area (TPSA) is 71.3 Å². The van der Waals surface area contributed by atoms with Gasteiger partial charge in [0, 0.05) is 25.2 Å². The third kappa shape index (κ3) is 5.34. The highest BCUT2D eigenvalue weighted by Crippen LogP contribution is 2.28. The number of hydrogen-bond acceptors (Lipinski definition) is 3. The van der Waals surface area contributed by atoms with E-state index in [9.17, 15) is 14.7 Å². The third-order valence-electron chi connectivity index (χ3n) is 4.10. The van der Waals surface area contributed by atoms with Gasteiger partial charge in [-0.3, -0.25) is 9.59 Å². The molecule has 1 aliphatic rings.